The molecule has 146 valence electrons. The topological polar surface area (TPSA) is 46.5 Å². The van der Waals surface area contributed by atoms with Crippen molar-refractivity contribution in [1.82, 2.24) is 4.98 Å². The number of hydrogen-bond donors (Lipinski definition) is 1. The van der Waals surface area contributed by atoms with Crippen molar-refractivity contribution in [2.75, 3.05) is 5.43 Å². The van der Waals surface area contributed by atoms with Gasteiger partial charge in [-0.25, -0.2) is 9.37 Å². The van der Waals surface area contributed by atoms with E-state index in [1.54, 1.807) is 35.8 Å². The van der Waals surface area contributed by atoms with Crippen LogP contribution in [0.5, 0.6) is 5.75 Å². The van der Waals surface area contributed by atoms with Crippen LogP contribution < -0.4 is 10.2 Å². The van der Waals surface area contributed by atoms with E-state index in [0.717, 1.165) is 29.9 Å². The normalized spacial score (nSPS) is 11.3. The first kappa shape index (κ1) is 20.0. The molecular weight excluding hydrogens is 521 g/mol. The lowest BCUT2D eigenvalue weighted by Gasteiger charge is -2.11. The van der Waals surface area contributed by atoms with Gasteiger partial charge in [-0.1, -0.05) is 41.7 Å². The Morgan fingerprint density at radius 3 is 2.55 bits per heavy atom. The molecule has 0 spiro atoms. The lowest BCUT2D eigenvalue weighted by Crippen LogP contribution is -2.00. The van der Waals surface area contributed by atoms with Crippen LogP contribution >= 0.6 is 43.2 Å². The van der Waals surface area contributed by atoms with Crippen LogP contribution in [-0.4, -0.2) is 11.2 Å². The molecule has 0 amide bonds. The fraction of sp³-hybridized carbons (Fsp3) is 0.0476. The maximum atomic E-state index is 13.8. The first-order valence-corrected chi connectivity index (χ1v) is 11.0. The number of para-hydroxylation sites is 1. The van der Waals surface area contributed by atoms with Crippen molar-refractivity contribution >= 4 is 64.8 Å². The number of hydrogen-bond acceptors (Lipinski definition) is 5. The van der Waals surface area contributed by atoms with Gasteiger partial charge in [-0.15, -0.1) is 0 Å². The Balaban J connectivity index is 1.44. The largest absolute Gasteiger partial charge is 0.486 e. The predicted octanol–water partition coefficient (Wildman–Crippen LogP) is 6.99. The Bertz CT molecular complexity index is 1140. The standard InChI is InChI=1S/C21H14Br2FN3OS/c22-15-9-13(11-25-27-21-26-18-7-3-4-8-19(18)29-21)10-16(23)20(15)28-12-14-5-1-2-6-17(14)24/h1-11H,12H2,(H,26,27)/b25-11+. The molecule has 0 bridgehead atoms. The highest BCUT2D eigenvalue weighted by atomic mass is 79.9. The Morgan fingerprint density at radius 2 is 1.79 bits per heavy atom. The summed E-state index contributed by atoms with van der Waals surface area (Å²) >= 11 is 8.56. The minimum absolute atomic E-state index is 0.135. The van der Waals surface area contributed by atoms with E-state index in [1.807, 2.05) is 36.4 Å². The molecule has 29 heavy (non-hydrogen) atoms. The van der Waals surface area contributed by atoms with Crippen LogP contribution in [0.2, 0.25) is 0 Å². The van der Waals surface area contributed by atoms with Gasteiger partial charge in [-0.2, -0.15) is 5.10 Å². The summed E-state index contributed by atoms with van der Waals surface area (Å²) in [4.78, 5) is 4.48. The van der Waals surface area contributed by atoms with Gasteiger partial charge in [0.1, 0.15) is 18.2 Å². The first-order chi connectivity index (χ1) is 14.1. The van der Waals surface area contributed by atoms with Crippen molar-refractivity contribution in [2.45, 2.75) is 6.61 Å². The van der Waals surface area contributed by atoms with Crippen molar-refractivity contribution in [3.8, 4) is 5.75 Å². The molecular formula is C21H14Br2FN3OS. The number of nitrogens with zero attached hydrogens (tertiary/aromatic N) is 2. The number of fused-ring (bicyclic) bond motifs is 1. The van der Waals surface area contributed by atoms with Crippen molar-refractivity contribution in [3.63, 3.8) is 0 Å². The number of hydrazone groups is 1. The Hall–Kier alpha value is -2.29. The van der Waals surface area contributed by atoms with Crippen molar-refractivity contribution in [2.24, 2.45) is 5.10 Å². The third-order valence-electron chi connectivity index (χ3n) is 4.02. The molecule has 1 heterocycles. The monoisotopic (exact) mass is 533 g/mol. The molecule has 0 saturated heterocycles. The van der Waals surface area contributed by atoms with Gasteiger partial charge < -0.3 is 4.74 Å². The minimum atomic E-state index is -0.288. The quantitative estimate of drug-likeness (QED) is 0.214. The summed E-state index contributed by atoms with van der Waals surface area (Å²) in [5.74, 6) is 0.314. The average molecular weight is 535 g/mol. The highest BCUT2D eigenvalue weighted by molar-refractivity contribution is 9.11. The average Bonchev–Trinajstić information content (AvgIpc) is 3.11. The molecule has 1 aromatic heterocycles. The van der Waals surface area contributed by atoms with Crippen LogP contribution in [0.15, 0.2) is 74.7 Å². The number of rotatable bonds is 6. The molecule has 1 N–H and O–H groups in total. The first-order valence-electron chi connectivity index (χ1n) is 8.60. The maximum absolute atomic E-state index is 13.8. The smallest absolute Gasteiger partial charge is 0.204 e. The molecule has 0 radical (unpaired) electrons. The molecule has 0 unspecified atom stereocenters. The summed E-state index contributed by atoms with van der Waals surface area (Å²) < 4.78 is 22.2. The van der Waals surface area contributed by atoms with E-state index in [9.17, 15) is 4.39 Å². The Labute approximate surface area is 187 Å². The minimum Gasteiger partial charge on any atom is -0.486 e. The molecule has 0 aliphatic heterocycles. The summed E-state index contributed by atoms with van der Waals surface area (Å²) in [6.45, 7) is 0.135. The van der Waals surface area contributed by atoms with Crippen LogP contribution in [0.4, 0.5) is 9.52 Å². The highest BCUT2D eigenvalue weighted by Crippen LogP contribution is 2.35. The summed E-state index contributed by atoms with van der Waals surface area (Å²) in [7, 11) is 0. The van der Waals surface area contributed by atoms with Gasteiger partial charge in [0.25, 0.3) is 0 Å². The number of nitrogens with one attached hydrogen (secondary N) is 1. The van der Waals surface area contributed by atoms with Gasteiger partial charge in [-0.05, 0) is 67.8 Å². The third-order valence-corrected chi connectivity index (χ3v) is 6.14. The molecule has 4 rings (SSSR count). The number of thiazole rings is 1. The van der Waals surface area contributed by atoms with Gasteiger partial charge in [0.2, 0.25) is 5.13 Å². The van der Waals surface area contributed by atoms with E-state index in [0.29, 0.717) is 11.3 Å². The Kier molecular flexibility index (Phi) is 6.22. The van der Waals surface area contributed by atoms with E-state index >= 15 is 0 Å². The van der Waals surface area contributed by atoms with E-state index in [-0.39, 0.29) is 12.4 Å². The van der Waals surface area contributed by atoms with Crippen LogP contribution in [0.3, 0.4) is 0 Å². The SMILES string of the molecule is Fc1ccccc1COc1c(Br)cc(/C=N/Nc2nc3ccccc3s2)cc1Br. The van der Waals surface area contributed by atoms with E-state index < -0.39 is 0 Å². The molecule has 8 heteroatoms. The lowest BCUT2D eigenvalue weighted by atomic mass is 10.2. The van der Waals surface area contributed by atoms with Gasteiger partial charge >= 0.3 is 0 Å². The lowest BCUT2D eigenvalue weighted by molar-refractivity contribution is 0.296. The van der Waals surface area contributed by atoms with Gasteiger partial charge in [-0.3, -0.25) is 5.43 Å². The van der Waals surface area contributed by atoms with Crippen LogP contribution in [0, 0.1) is 5.82 Å². The van der Waals surface area contributed by atoms with Crippen molar-refractivity contribution < 1.29 is 9.13 Å². The van der Waals surface area contributed by atoms with Gasteiger partial charge in [0, 0.05) is 5.56 Å². The summed E-state index contributed by atoms with van der Waals surface area (Å²) in [5, 5.41) is 4.99. The number of halogens is 3. The molecule has 3 aromatic carbocycles. The zero-order valence-electron chi connectivity index (χ0n) is 14.9. The van der Waals surface area contributed by atoms with Crippen LogP contribution in [0.1, 0.15) is 11.1 Å². The van der Waals surface area contributed by atoms with E-state index in [1.165, 1.54) is 6.07 Å². The number of benzene rings is 3. The molecule has 0 fully saturated rings. The molecule has 4 aromatic rings. The summed E-state index contributed by atoms with van der Waals surface area (Å²) in [5.41, 5.74) is 5.26. The highest BCUT2D eigenvalue weighted by Gasteiger charge is 2.10. The molecule has 0 aliphatic carbocycles. The fourth-order valence-electron chi connectivity index (χ4n) is 2.64. The fourth-order valence-corrected chi connectivity index (χ4v) is 4.91. The van der Waals surface area contributed by atoms with Crippen molar-refractivity contribution in [1.29, 1.82) is 0 Å². The number of aromatic nitrogens is 1. The van der Waals surface area contributed by atoms with Crippen LogP contribution in [-0.2, 0) is 6.61 Å². The number of anilines is 1. The molecule has 0 aliphatic rings. The summed E-state index contributed by atoms with van der Waals surface area (Å²) in [6, 6.07) is 18.2. The van der Waals surface area contributed by atoms with E-state index in [2.05, 4.69) is 47.4 Å². The maximum Gasteiger partial charge on any atom is 0.204 e. The second kappa shape index (κ2) is 9.02. The van der Waals surface area contributed by atoms with Crippen molar-refractivity contribution in [3.05, 3.63) is 86.6 Å². The number of ether oxygens (including phenoxy) is 1. The summed E-state index contributed by atoms with van der Waals surface area (Å²) in [6.07, 6.45) is 1.70. The van der Waals surface area contributed by atoms with Gasteiger partial charge in [0.15, 0.2) is 0 Å². The zero-order valence-corrected chi connectivity index (χ0v) is 18.9. The predicted molar refractivity (Wildman–Crippen MR) is 123 cm³/mol. The van der Waals surface area contributed by atoms with Gasteiger partial charge in [0.05, 0.1) is 25.4 Å². The second-order valence-electron chi connectivity index (χ2n) is 6.05. The van der Waals surface area contributed by atoms with E-state index in [4.69, 9.17) is 4.74 Å². The molecule has 0 atom stereocenters. The zero-order chi connectivity index (χ0) is 20.2. The molecule has 0 saturated carbocycles. The third kappa shape index (κ3) is 4.83. The second-order valence-corrected chi connectivity index (χ2v) is 8.79. The van der Waals surface area contributed by atoms with Crippen LogP contribution in [0.25, 0.3) is 10.2 Å². The molecule has 4 nitrogen and oxygen atoms in total. The Morgan fingerprint density at radius 1 is 1.07 bits per heavy atom.